The molecule has 0 fully saturated rings. The van der Waals surface area contributed by atoms with Crippen LogP contribution in [0.1, 0.15) is 11.1 Å². The van der Waals surface area contributed by atoms with Gasteiger partial charge in [-0.05, 0) is 37.1 Å². The van der Waals surface area contributed by atoms with Gasteiger partial charge in [-0.2, -0.15) is 0 Å². The van der Waals surface area contributed by atoms with Crippen LogP contribution in [-0.2, 0) is 9.84 Å². The summed E-state index contributed by atoms with van der Waals surface area (Å²) in [5.74, 6) is 0. The summed E-state index contributed by atoms with van der Waals surface area (Å²) in [4.78, 5) is 10.3. The zero-order valence-corrected chi connectivity index (χ0v) is 8.63. The summed E-state index contributed by atoms with van der Waals surface area (Å²) in [6, 6.07) is 4.25. The van der Waals surface area contributed by atoms with Gasteiger partial charge in [-0.3, -0.25) is 0 Å². The summed E-state index contributed by atoms with van der Waals surface area (Å²) in [7, 11) is -4.20. The van der Waals surface area contributed by atoms with Gasteiger partial charge in [0.25, 0.3) is 9.84 Å². The van der Waals surface area contributed by atoms with Gasteiger partial charge in [-0.1, -0.05) is 6.07 Å². The molecule has 14 heavy (non-hydrogen) atoms. The standard InChI is InChI=1S/C9H10O4S/c1-6-3-4-8(5-7(6)2)14(12,13)9(10)11/h3-5H,1-2H3,(H,10,11). The fraction of sp³-hybridized carbons (Fsp3) is 0.222. The smallest absolute Gasteiger partial charge is 0.427 e. The molecule has 5 heteroatoms. The molecule has 0 saturated heterocycles. The lowest BCUT2D eigenvalue weighted by atomic mass is 10.1. The lowest BCUT2D eigenvalue weighted by Gasteiger charge is -2.02. The molecule has 1 N–H and O–H groups in total. The molecule has 0 aromatic heterocycles. The Bertz CT molecular complexity index is 474. The first kappa shape index (κ1) is 10.7. The number of sulfone groups is 1. The Labute approximate surface area is 82.1 Å². The van der Waals surface area contributed by atoms with Gasteiger partial charge in [-0.25, -0.2) is 13.2 Å². The fourth-order valence-electron chi connectivity index (χ4n) is 0.982. The highest BCUT2D eigenvalue weighted by Gasteiger charge is 2.23. The molecular weight excluding hydrogens is 204 g/mol. The second-order valence-corrected chi connectivity index (χ2v) is 4.84. The van der Waals surface area contributed by atoms with E-state index < -0.39 is 15.1 Å². The monoisotopic (exact) mass is 214 g/mol. The van der Waals surface area contributed by atoms with E-state index in [1.807, 2.05) is 6.92 Å². The van der Waals surface area contributed by atoms with E-state index in [4.69, 9.17) is 5.11 Å². The first-order chi connectivity index (χ1) is 6.35. The first-order valence-corrected chi connectivity index (χ1v) is 5.39. The predicted molar refractivity (Wildman–Crippen MR) is 51.1 cm³/mol. The molecule has 0 bridgehead atoms. The summed E-state index contributed by atoms with van der Waals surface area (Å²) in [6.45, 7) is 3.56. The molecule has 0 saturated carbocycles. The number of carboxylic acid groups (broad SMARTS) is 1. The summed E-state index contributed by atoms with van der Waals surface area (Å²) in [5, 5.41) is 6.65. The number of rotatable bonds is 1. The number of hydrogen-bond donors (Lipinski definition) is 1. The molecule has 1 rings (SSSR count). The number of aryl methyl sites for hydroxylation is 2. The van der Waals surface area contributed by atoms with E-state index >= 15 is 0 Å². The maximum absolute atomic E-state index is 11.2. The van der Waals surface area contributed by atoms with Gasteiger partial charge in [0.15, 0.2) is 0 Å². The summed E-state index contributed by atoms with van der Waals surface area (Å²) in [5.41, 5.74) is 1.68. The van der Waals surface area contributed by atoms with Gasteiger partial charge in [0.05, 0.1) is 4.90 Å². The van der Waals surface area contributed by atoms with Crippen LogP contribution in [0, 0.1) is 13.8 Å². The molecule has 0 aliphatic carbocycles. The van der Waals surface area contributed by atoms with Crippen molar-refractivity contribution in [2.75, 3.05) is 0 Å². The van der Waals surface area contributed by atoms with E-state index in [2.05, 4.69) is 0 Å². The Morgan fingerprint density at radius 1 is 1.21 bits per heavy atom. The second kappa shape index (κ2) is 3.42. The van der Waals surface area contributed by atoms with Gasteiger partial charge in [0.2, 0.25) is 0 Å². The Kier molecular flexibility index (Phi) is 2.62. The minimum atomic E-state index is -4.20. The zero-order valence-electron chi connectivity index (χ0n) is 7.81. The molecule has 0 unspecified atom stereocenters. The van der Waals surface area contributed by atoms with Crippen molar-refractivity contribution in [3.8, 4) is 0 Å². The lowest BCUT2D eigenvalue weighted by Crippen LogP contribution is -2.12. The van der Waals surface area contributed by atoms with Crippen molar-refractivity contribution in [3.05, 3.63) is 29.3 Å². The van der Waals surface area contributed by atoms with Crippen LogP contribution in [0.3, 0.4) is 0 Å². The number of benzene rings is 1. The summed E-state index contributed by atoms with van der Waals surface area (Å²) in [6.07, 6.45) is 0. The highest BCUT2D eigenvalue weighted by atomic mass is 32.2. The largest absolute Gasteiger partial charge is 0.469 e. The van der Waals surface area contributed by atoms with Crippen molar-refractivity contribution in [1.82, 2.24) is 0 Å². The van der Waals surface area contributed by atoms with Gasteiger partial charge in [0, 0.05) is 0 Å². The van der Waals surface area contributed by atoms with Crippen molar-refractivity contribution < 1.29 is 18.3 Å². The quantitative estimate of drug-likeness (QED) is 0.773. The highest BCUT2D eigenvalue weighted by Crippen LogP contribution is 2.16. The third kappa shape index (κ3) is 1.77. The molecule has 0 aliphatic heterocycles. The molecule has 76 valence electrons. The van der Waals surface area contributed by atoms with Crippen LogP contribution in [0.25, 0.3) is 0 Å². The molecule has 1 aromatic rings. The van der Waals surface area contributed by atoms with E-state index in [-0.39, 0.29) is 4.90 Å². The van der Waals surface area contributed by atoms with Crippen molar-refractivity contribution >= 4 is 15.1 Å². The molecule has 0 radical (unpaired) electrons. The zero-order chi connectivity index (χ0) is 10.9. The average molecular weight is 214 g/mol. The Balaban J connectivity index is 3.36. The van der Waals surface area contributed by atoms with Crippen LogP contribution < -0.4 is 0 Å². The van der Waals surface area contributed by atoms with Crippen LogP contribution in [0.15, 0.2) is 23.1 Å². The first-order valence-electron chi connectivity index (χ1n) is 3.91. The van der Waals surface area contributed by atoms with Gasteiger partial charge in [0.1, 0.15) is 0 Å². The highest BCUT2D eigenvalue weighted by molar-refractivity contribution is 8.05. The minimum absolute atomic E-state index is 0.173. The summed E-state index contributed by atoms with van der Waals surface area (Å²) < 4.78 is 22.4. The molecule has 0 spiro atoms. The Hall–Kier alpha value is -1.36. The van der Waals surface area contributed by atoms with Crippen LogP contribution in [0.4, 0.5) is 4.79 Å². The SMILES string of the molecule is Cc1ccc(S(=O)(=O)C(=O)O)cc1C. The molecule has 1 aromatic carbocycles. The van der Waals surface area contributed by atoms with E-state index in [9.17, 15) is 13.2 Å². The minimum Gasteiger partial charge on any atom is -0.469 e. The van der Waals surface area contributed by atoms with Crippen LogP contribution in [0.5, 0.6) is 0 Å². The number of carbonyl (C=O) groups is 1. The number of hydrogen-bond acceptors (Lipinski definition) is 3. The third-order valence-corrected chi connectivity index (χ3v) is 3.35. The maximum Gasteiger partial charge on any atom is 0.427 e. The second-order valence-electron chi connectivity index (χ2n) is 3.02. The van der Waals surface area contributed by atoms with Crippen molar-refractivity contribution in [3.63, 3.8) is 0 Å². The van der Waals surface area contributed by atoms with E-state index in [0.29, 0.717) is 0 Å². The van der Waals surface area contributed by atoms with E-state index in [0.717, 1.165) is 11.1 Å². The molecule has 0 aliphatic rings. The van der Waals surface area contributed by atoms with Crippen molar-refractivity contribution in [2.24, 2.45) is 0 Å². The average Bonchev–Trinajstić information content (AvgIpc) is 2.09. The Morgan fingerprint density at radius 3 is 2.21 bits per heavy atom. The third-order valence-electron chi connectivity index (χ3n) is 2.02. The maximum atomic E-state index is 11.2. The van der Waals surface area contributed by atoms with Gasteiger partial charge < -0.3 is 5.11 Å². The predicted octanol–water partition coefficient (Wildman–Crippen LogP) is 1.76. The fourth-order valence-corrected chi connectivity index (χ4v) is 1.76. The molecule has 4 nitrogen and oxygen atoms in total. The topological polar surface area (TPSA) is 71.4 Å². The molecule has 0 heterocycles. The lowest BCUT2D eigenvalue weighted by molar-refractivity contribution is 0.219. The van der Waals surface area contributed by atoms with Gasteiger partial charge in [-0.15, -0.1) is 0 Å². The van der Waals surface area contributed by atoms with Crippen molar-refractivity contribution in [2.45, 2.75) is 18.7 Å². The molecular formula is C9H10O4S. The van der Waals surface area contributed by atoms with Gasteiger partial charge >= 0.3 is 5.30 Å². The van der Waals surface area contributed by atoms with Crippen LogP contribution in [0.2, 0.25) is 0 Å². The molecule has 0 amide bonds. The van der Waals surface area contributed by atoms with E-state index in [1.165, 1.54) is 12.1 Å². The van der Waals surface area contributed by atoms with Crippen molar-refractivity contribution in [1.29, 1.82) is 0 Å². The van der Waals surface area contributed by atoms with Crippen LogP contribution in [-0.4, -0.2) is 18.8 Å². The summed E-state index contributed by atoms with van der Waals surface area (Å²) >= 11 is 0. The normalized spacial score (nSPS) is 11.3. The molecule has 0 atom stereocenters. The van der Waals surface area contributed by atoms with E-state index in [1.54, 1.807) is 13.0 Å². The Morgan fingerprint density at radius 2 is 1.79 bits per heavy atom. The van der Waals surface area contributed by atoms with Crippen LogP contribution >= 0.6 is 0 Å².